The van der Waals surface area contributed by atoms with E-state index >= 15 is 0 Å². The molecule has 2 aromatic rings. The van der Waals surface area contributed by atoms with Crippen molar-refractivity contribution in [1.29, 1.82) is 0 Å². The Morgan fingerprint density at radius 1 is 1.15 bits per heavy atom. The smallest absolute Gasteiger partial charge is 0.342 e. The zero-order valence-electron chi connectivity index (χ0n) is 14.4. The third kappa shape index (κ3) is 4.60. The minimum Gasteiger partial charge on any atom is -0.342 e. The summed E-state index contributed by atoms with van der Waals surface area (Å²) in [5.41, 5.74) is -0.392. The number of piperazine rings is 1. The summed E-state index contributed by atoms with van der Waals surface area (Å²) in [6.45, 7) is 3.93. The molecular weight excluding hydrogens is 383 g/mol. The lowest BCUT2D eigenvalue weighted by Gasteiger charge is -2.32. The molecule has 1 amide bonds. The van der Waals surface area contributed by atoms with Crippen molar-refractivity contribution in [1.82, 2.24) is 14.9 Å². The van der Waals surface area contributed by atoms with Crippen LogP contribution in [0, 0.1) is 6.92 Å². The molecule has 3 rings (SSSR count). The van der Waals surface area contributed by atoms with Crippen LogP contribution in [-0.2, 0) is 11.0 Å². The lowest BCUT2D eigenvalue weighted by molar-refractivity contribution is -0.136. The van der Waals surface area contributed by atoms with Crippen LogP contribution in [-0.4, -0.2) is 47.5 Å². The largest absolute Gasteiger partial charge is 0.418 e. The summed E-state index contributed by atoms with van der Waals surface area (Å²) >= 11 is 5.71. The van der Waals surface area contributed by atoms with Gasteiger partial charge >= 0.3 is 6.18 Å². The second kappa shape index (κ2) is 7.59. The fourth-order valence-corrected chi connectivity index (χ4v) is 2.96. The van der Waals surface area contributed by atoms with E-state index in [0.29, 0.717) is 37.8 Å². The highest BCUT2D eigenvalue weighted by Crippen LogP contribution is 2.37. The van der Waals surface area contributed by atoms with Crippen molar-refractivity contribution in [2.45, 2.75) is 13.1 Å². The van der Waals surface area contributed by atoms with Gasteiger partial charge in [-0.15, -0.1) is 0 Å². The molecule has 0 saturated carbocycles. The van der Waals surface area contributed by atoms with Crippen LogP contribution in [0.15, 0.2) is 24.3 Å². The summed E-state index contributed by atoms with van der Waals surface area (Å²) in [6.07, 6.45) is -3.76. The van der Waals surface area contributed by atoms with Gasteiger partial charge in [-0.25, -0.2) is 4.98 Å². The van der Waals surface area contributed by atoms with E-state index in [2.05, 4.69) is 15.3 Å². The summed E-state index contributed by atoms with van der Waals surface area (Å²) in [6, 6.07) is 5.09. The van der Waals surface area contributed by atoms with Gasteiger partial charge in [0.1, 0.15) is 5.82 Å². The van der Waals surface area contributed by atoms with E-state index in [0.717, 1.165) is 12.5 Å². The summed E-state index contributed by atoms with van der Waals surface area (Å²) < 4.78 is 39.8. The van der Waals surface area contributed by atoms with Crippen molar-refractivity contribution >= 4 is 35.5 Å². The Morgan fingerprint density at radius 3 is 2.48 bits per heavy atom. The molecule has 1 aliphatic heterocycles. The Kier molecular flexibility index (Phi) is 5.41. The van der Waals surface area contributed by atoms with Crippen LogP contribution in [0.2, 0.25) is 5.02 Å². The van der Waals surface area contributed by atoms with Gasteiger partial charge in [0, 0.05) is 43.0 Å². The van der Waals surface area contributed by atoms with Gasteiger partial charge in [0.2, 0.25) is 12.4 Å². The molecule has 1 N–H and O–H groups in total. The zero-order chi connectivity index (χ0) is 19.6. The van der Waals surface area contributed by atoms with Gasteiger partial charge in [-0.3, -0.25) is 4.79 Å². The van der Waals surface area contributed by atoms with Crippen LogP contribution in [0.1, 0.15) is 11.3 Å². The zero-order valence-corrected chi connectivity index (χ0v) is 15.2. The maximum Gasteiger partial charge on any atom is 0.418 e. The van der Waals surface area contributed by atoms with Gasteiger partial charge in [-0.2, -0.15) is 18.2 Å². The number of carbonyl (C=O) groups excluding carboxylic acids is 1. The predicted octanol–water partition coefficient (Wildman–Crippen LogP) is 3.48. The van der Waals surface area contributed by atoms with Crippen molar-refractivity contribution in [3.63, 3.8) is 0 Å². The molecule has 1 aromatic heterocycles. The second-order valence-corrected chi connectivity index (χ2v) is 6.57. The van der Waals surface area contributed by atoms with Crippen LogP contribution in [0.3, 0.4) is 0 Å². The molecule has 1 aromatic carbocycles. The van der Waals surface area contributed by atoms with Crippen molar-refractivity contribution in [2.24, 2.45) is 0 Å². The Bertz CT molecular complexity index is 838. The summed E-state index contributed by atoms with van der Waals surface area (Å²) in [4.78, 5) is 23.1. The maximum atomic E-state index is 13.3. The number of hydrogen-bond donors (Lipinski definition) is 1. The number of aromatic nitrogens is 2. The second-order valence-electron chi connectivity index (χ2n) is 6.14. The van der Waals surface area contributed by atoms with Crippen LogP contribution in [0.4, 0.5) is 30.6 Å². The minimum absolute atomic E-state index is 0.000445. The highest BCUT2D eigenvalue weighted by Gasteiger charge is 2.34. The molecule has 2 heterocycles. The Balaban J connectivity index is 1.87. The molecule has 144 valence electrons. The van der Waals surface area contributed by atoms with Crippen molar-refractivity contribution < 1.29 is 18.0 Å². The first-order chi connectivity index (χ1) is 12.8. The Morgan fingerprint density at radius 2 is 1.85 bits per heavy atom. The SMILES string of the molecule is Cc1cc(Nc2ccc(Cl)cc2C(F)(F)F)nc(N2CCN(C=O)CC2)n1. The topological polar surface area (TPSA) is 61.4 Å². The number of anilines is 3. The minimum atomic E-state index is -4.55. The van der Waals surface area contributed by atoms with Crippen LogP contribution in [0.25, 0.3) is 0 Å². The summed E-state index contributed by atoms with van der Waals surface area (Å²) in [7, 11) is 0. The molecule has 0 spiro atoms. The average molecular weight is 400 g/mol. The van der Waals surface area contributed by atoms with E-state index in [4.69, 9.17) is 11.6 Å². The molecule has 0 radical (unpaired) electrons. The molecule has 6 nitrogen and oxygen atoms in total. The fraction of sp³-hybridized carbons (Fsp3) is 0.353. The summed E-state index contributed by atoms with van der Waals surface area (Å²) in [5, 5.41) is 2.72. The van der Waals surface area contributed by atoms with Gasteiger partial charge < -0.3 is 15.1 Å². The highest BCUT2D eigenvalue weighted by molar-refractivity contribution is 6.30. The number of nitrogens with zero attached hydrogens (tertiary/aromatic N) is 4. The van der Waals surface area contributed by atoms with Crippen molar-refractivity contribution in [2.75, 3.05) is 36.4 Å². The third-order valence-electron chi connectivity index (χ3n) is 4.14. The number of nitrogens with one attached hydrogen (secondary N) is 1. The number of alkyl halides is 3. The van der Waals surface area contributed by atoms with Crippen LogP contribution in [0.5, 0.6) is 0 Å². The van der Waals surface area contributed by atoms with E-state index in [-0.39, 0.29) is 16.5 Å². The van der Waals surface area contributed by atoms with E-state index in [1.165, 1.54) is 12.1 Å². The molecule has 0 bridgehead atoms. The lowest BCUT2D eigenvalue weighted by atomic mass is 10.1. The molecule has 10 heteroatoms. The molecule has 27 heavy (non-hydrogen) atoms. The summed E-state index contributed by atoms with van der Waals surface area (Å²) in [5.74, 6) is 0.661. The number of carbonyl (C=O) groups is 1. The Hall–Kier alpha value is -2.55. The monoisotopic (exact) mass is 399 g/mol. The van der Waals surface area contributed by atoms with Crippen LogP contribution >= 0.6 is 11.6 Å². The number of rotatable bonds is 4. The van der Waals surface area contributed by atoms with E-state index < -0.39 is 11.7 Å². The van der Waals surface area contributed by atoms with E-state index in [1.807, 2.05) is 4.90 Å². The van der Waals surface area contributed by atoms with Gasteiger partial charge in [0.05, 0.1) is 11.3 Å². The highest BCUT2D eigenvalue weighted by atomic mass is 35.5. The first-order valence-electron chi connectivity index (χ1n) is 8.20. The van der Waals surface area contributed by atoms with Gasteiger partial charge in [0.25, 0.3) is 0 Å². The molecular formula is C17H17ClF3N5O. The van der Waals surface area contributed by atoms with Gasteiger partial charge in [-0.05, 0) is 25.1 Å². The molecule has 1 fully saturated rings. The Labute approximate surface area is 159 Å². The molecule has 1 aliphatic rings. The molecule has 0 unspecified atom stereocenters. The van der Waals surface area contributed by atoms with E-state index in [1.54, 1.807) is 17.9 Å². The standard InChI is InChI=1S/C17H17ClF3N5O/c1-11-8-15(23-14-3-2-12(18)9-13(14)17(19,20)21)24-16(22-11)26-6-4-25(10-27)5-7-26/h2-3,8-10H,4-7H2,1H3,(H,22,23,24). The fourth-order valence-electron chi connectivity index (χ4n) is 2.78. The first-order valence-corrected chi connectivity index (χ1v) is 8.58. The normalized spacial score (nSPS) is 15.0. The first kappa shape index (κ1) is 19.2. The number of aryl methyl sites for hydroxylation is 1. The van der Waals surface area contributed by atoms with Gasteiger partial charge in [-0.1, -0.05) is 11.6 Å². The average Bonchev–Trinajstić information content (AvgIpc) is 2.62. The number of amides is 1. The lowest BCUT2D eigenvalue weighted by Crippen LogP contribution is -2.46. The molecule has 0 aliphatic carbocycles. The molecule has 0 atom stereocenters. The molecule has 1 saturated heterocycles. The quantitative estimate of drug-likeness (QED) is 0.797. The number of hydrogen-bond acceptors (Lipinski definition) is 5. The third-order valence-corrected chi connectivity index (χ3v) is 4.37. The number of benzene rings is 1. The maximum absolute atomic E-state index is 13.3. The van der Waals surface area contributed by atoms with Crippen molar-refractivity contribution in [3.8, 4) is 0 Å². The number of halogens is 4. The van der Waals surface area contributed by atoms with Crippen LogP contribution < -0.4 is 10.2 Å². The van der Waals surface area contributed by atoms with Crippen molar-refractivity contribution in [3.05, 3.63) is 40.5 Å². The predicted molar refractivity (Wildman–Crippen MR) is 96.4 cm³/mol. The van der Waals surface area contributed by atoms with E-state index in [9.17, 15) is 18.0 Å². The van der Waals surface area contributed by atoms with Gasteiger partial charge in [0.15, 0.2) is 0 Å².